The number of nitrogens with zero attached hydrogens (tertiary/aromatic N) is 1. The highest BCUT2D eigenvalue weighted by atomic mass is 79.9. The zero-order valence-corrected chi connectivity index (χ0v) is 12.5. The zero-order valence-electron chi connectivity index (χ0n) is 10.2. The number of benzene rings is 2. The van der Waals surface area contributed by atoms with Gasteiger partial charge >= 0.3 is 0 Å². The van der Waals surface area contributed by atoms with Crippen molar-refractivity contribution >= 4 is 38.9 Å². The van der Waals surface area contributed by atoms with E-state index in [0.717, 1.165) is 33.7 Å². The molecule has 0 amide bonds. The van der Waals surface area contributed by atoms with Gasteiger partial charge in [-0.2, -0.15) is 5.10 Å². The number of hydrazone groups is 1. The minimum absolute atomic E-state index is 0.730. The molecule has 0 unspecified atom stereocenters. The molecule has 0 bridgehead atoms. The van der Waals surface area contributed by atoms with Gasteiger partial charge in [-0.05, 0) is 54.8 Å². The standard InChI is InChI=1S/C15H12BrClN2/c16-11-3-1-10-2-8-15(14(10)9-11)19-18-13-6-4-12(17)5-7-13/h1,3-7,9,18H,2,8H2. The molecule has 96 valence electrons. The molecule has 0 radical (unpaired) electrons. The molecule has 0 saturated carbocycles. The van der Waals surface area contributed by atoms with Crippen LogP contribution < -0.4 is 5.43 Å². The highest BCUT2D eigenvalue weighted by Crippen LogP contribution is 2.26. The number of nitrogens with one attached hydrogen (secondary N) is 1. The average molecular weight is 336 g/mol. The third kappa shape index (κ3) is 2.82. The predicted octanol–water partition coefficient (Wildman–Crippen LogP) is 4.86. The summed E-state index contributed by atoms with van der Waals surface area (Å²) in [5, 5.41) is 5.24. The van der Waals surface area contributed by atoms with Gasteiger partial charge in [0.15, 0.2) is 0 Å². The summed E-state index contributed by atoms with van der Waals surface area (Å²) in [4.78, 5) is 0. The van der Waals surface area contributed by atoms with Gasteiger partial charge in [0, 0.05) is 15.1 Å². The van der Waals surface area contributed by atoms with E-state index in [9.17, 15) is 0 Å². The topological polar surface area (TPSA) is 24.4 Å². The first-order valence-corrected chi connectivity index (χ1v) is 7.26. The normalized spacial score (nSPS) is 15.6. The molecule has 1 N–H and O–H groups in total. The molecule has 2 aromatic carbocycles. The van der Waals surface area contributed by atoms with E-state index in [1.165, 1.54) is 11.1 Å². The van der Waals surface area contributed by atoms with Gasteiger partial charge in [0.2, 0.25) is 0 Å². The number of hydrogen-bond donors (Lipinski definition) is 1. The Balaban J connectivity index is 1.83. The van der Waals surface area contributed by atoms with Crippen molar-refractivity contribution in [2.75, 3.05) is 5.43 Å². The number of anilines is 1. The fourth-order valence-electron chi connectivity index (χ4n) is 2.20. The number of fused-ring (bicyclic) bond motifs is 1. The molecule has 0 fully saturated rings. The minimum Gasteiger partial charge on any atom is -0.278 e. The number of aryl methyl sites for hydroxylation is 1. The van der Waals surface area contributed by atoms with Crippen LogP contribution in [0.3, 0.4) is 0 Å². The van der Waals surface area contributed by atoms with E-state index < -0.39 is 0 Å². The lowest BCUT2D eigenvalue weighted by Gasteiger charge is -2.04. The molecule has 0 aromatic heterocycles. The zero-order chi connectivity index (χ0) is 13.2. The van der Waals surface area contributed by atoms with E-state index in [0.29, 0.717) is 0 Å². The van der Waals surface area contributed by atoms with Gasteiger partial charge in [-0.25, -0.2) is 0 Å². The summed E-state index contributed by atoms with van der Waals surface area (Å²) >= 11 is 9.36. The molecule has 2 aromatic rings. The molecular formula is C15H12BrClN2. The van der Waals surface area contributed by atoms with Crippen molar-refractivity contribution < 1.29 is 0 Å². The number of hydrogen-bond acceptors (Lipinski definition) is 2. The molecule has 2 nitrogen and oxygen atoms in total. The molecular weight excluding hydrogens is 324 g/mol. The SMILES string of the molecule is Clc1ccc(NN=C2CCc3ccc(Br)cc32)cc1. The lowest BCUT2D eigenvalue weighted by atomic mass is 10.1. The van der Waals surface area contributed by atoms with Crippen LogP contribution in [0.25, 0.3) is 0 Å². The van der Waals surface area contributed by atoms with Crippen LogP contribution >= 0.6 is 27.5 Å². The van der Waals surface area contributed by atoms with Gasteiger partial charge in [0.1, 0.15) is 0 Å². The van der Waals surface area contributed by atoms with E-state index in [4.69, 9.17) is 11.6 Å². The first kappa shape index (κ1) is 12.7. The van der Waals surface area contributed by atoms with Gasteiger partial charge in [0.05, 0.1) is 11.4 Å². The summed E-state index contributed by atoms with van der Waals surface area (Å²) in [6.07, 6.45) is 2.04. The van der Waals surface area contributed by atoms with E-state index in [-0.39, 0.29) is 0 Å². The van der Waals surface area contributed by atoms with E-state index >= 15 is 0 Å². The molecule has 1 aliphatic carbocycles. The van der Waals surface area contributed by atoms with Crippen molar-refractivity contribution in [1.29, 1.82) is 0 Å². The number of halogens is 2. The van der Waals surface area contributed by atoms with Crippen LogP contribution in [-0.2, 0) is 6.42 Å². The Hall–Kier alpha value is -1.32. The molecule has 0 spiro atoms. The van der Waals surface area contributed by atoms with E-state index in [1.54, 1.807) is 0 Å². The quantitative estimate of drug-likeness (QED) is 0.778. The van der Waals surface area contributed by atoms with Gasteiger partial charge in [-0.1, -0.05) is 33.6 Å². The minimum atomic E-state index is 0.730. The van der Waals surface area contributed by atoms with Crippen molar-refractivity contribution in [3.8, 4) is 0 Å². The van der Waals surface area contributed by atoms with Crippen LogP contribution in [0.5, 0.6) is 0 Å². The fourth-order valence-corrected chi connectivity index (χ4v) is 2.68. The van der Waals surface area contributed by atoms with Crippen molar-refractivity contribution in [3.05, 3.63) is 63.1 Å². The average Bonchev–Trinajstić information content (AvgIpc) is 2.80. The molecule has 0 atom stereocenters. The molecule has 4 heteroatoms. The van der Waals surface area contributed by atoms with Crippen LogP contribution in [0.15, 0.2) is 52.0 Å². The van der Waals surface area contributed by atoms with Gasteiger partial charge in [0.25, 0.3) is 0 Å². The summed E-state index contributed by atoms with van der Waals surface area (Å²) in [5.74, 6) is 0. The maximum absolute atomic E-state index is 5.85. The van der Waals surface area contributed by atoms with Crippen molar-refractivity contribution in [2.45, 2.75) is 12.8 Å². The van der Waals surface area contributed by atoms with Crippen LogP contribution in [0, 0.1) is 0 Å². The van der Waals surface area contributed by atoms with Gasteiger partial charge in [-0.15, -0.1) is 0 Å². The van der Waals surface area contributed by atoms with Gasteiger partial charge in [-0.3, -0.25) is 5.43 Å². The van der Waals surface area contributed by atoms with Crippen molar-refractivity contribution in [1.82, 2.24) is 0 Å². The lowest BCUT2D eigenvalue weighted by Crippen LogP contribution is -1.99. The Morgan fingerprint density at radius 2 is 1.84 bits per heavy atom. The fraction of sp³-hybridized carbons (Fsp3) is 0.133. The smallest absolute Gasteiger partial charge is 0.0685 e. The first-order chi connectivity index (χ1) is 9.22. The molecule has 1 aliphatic rings. The third-order valence-electron chi connectivity index (χ3n) is 3.18. The molecule has 0 aliphatic heterocycles. The maximum atomic E-state index is 5.85. The Kier molecular flexibility index (Phi) is 3.58. The van der Waals surface area contributed by atoms with Crippen LogP contribution in [0.2, 0.25) is 5.02 Å². The molecule has 0 heterocycles. The Labute approximate surface area is 125 Å². The highest BCUT2D eigenvalue weighted by molar-refractivity contribution is 9.10. The largest absolute Gasteiger partial charge is 0.278 e. The van der Waals surface area contributed by atoms with Crippen LogP contribution in [0.1, 0.15) is 17.5 Å². The second-order valence-corrected chi connectivity index (χ2v) is 5.83. The monoisotopic (exact) mass is 334 g/mol. The summed E-state index contributed by atoms with van der Waals surface area (Å²) in [6.45, 7) is 0. The van der Waals surface area contributed by atoms with Crippen LogP contribution in [-0.4, -0.2) is 5.71 Å². The predicted molar refractivity (Wildman–Crippen MR) is 84.1 cm³/mol. The summed E-state index contributed by atoms with van der Waals surface area (Å²) in [7, 11) is 0. The lowest BCUT2D eigenvalue weighted by molar-refractivity contribution is 1.09. The van der Waals surface area contributed by atoms with Gasteiger partial charge < -0.3 is 0 Å². The first-order valence-electron chi connectivity index (χ1n) is 6.09. The Morgan fingerprint density at radius 1 is 1.05 bits per heavy atom. The number of rotatable bonds is 2. The second kappa shape index (κ2) is 5.35. The second-order valence-electron chi connectivity index (χ2n) is 4.48. The summed E-state index contributed by atoms with van der Waals surface area (Å²) in [5.41, 5.74) is 7.73. The Bertz CT molecular complexity index is 635. The Morgan fingerprint density at radius 3 is 2.63 bits per heavy atom. The van der Waals surface area contributed by atoms with E-state index in [1.807, 2.05) is 24.3 Å². The van der Waals surface area contributed by atoms with E-state index in [2.05, 4.69) is 44.7 Å². The highest BCUT2D eigenvalue weighted by Gasteiger charge is 2.17. The van der Waals surface area contributed by atoms with Crippen molar-refractivity contribution in [2.24, 2.45) is 5.10 Å². The molecule has 3 rings (SSSR count). The third-order valence-corrected chi connectivity index (χ3v) is 3.92. The van der Waals surface area contributed by atoms with Crippen LogP contribution in [0.4, 0.5) is 5.69 Å². The summed E-state index contributed by atoms with van der Waals surface area (Å²) in [6, 6.07) is 13.9. The van der Waals surface area contributed by atoms with Crippen molar-refractivity contribution in [3.63, 3.8) is 0 Å². The maximum Gasteiger partial charge on any atom is 0.0685 e. The molecule has 19 heavy (non-hydrogen) atoms. The summed E-state index contributed by atoms with van der Waals surface area (Å²) < 4.78 is 1.09. The molecule has 0 saturated heterocycles.